The zero-order chi connectivity index (χ0) is 26.9. The van der Waals surface area contributed by atoms with Gasteiger partial charge in [0.1, 0.15) is 17.1 Å². The first-order valence-corrected chi connectivity index (χ1v) is 12.7. The topological polar surface area (TPSA) is 84.8 Å². The van der Waals surface area contributed by atoms with Crippen LogP contribution in [0.5, 0.6) is 11.5 Å². The lowest BCUT2D eigenvalue weighted by Gasteiger charge is -2.23. The zero-order valence-electron chi connectivity index (χ0n) is 21.6. The SMILES string of the molecule is COc1c2c(c(OC(c3ccccc3)c3ccccc3)c3nccnc13)C(=O)N(Cc1ccc(C)cc1)C2O. The summed E-state index contributed by atoms with van der Waals surface area (Å²) < 4.78 is 12.5. The molecule has 39 heavy (non-hydrogen) atoms. The molecule has 1 amide bonds. The summed E-state index contributed by atoms with van der Waals surface area (Å²) >= 11 is 0. The van der Waals surface area contributed by atoms with E-state index in [-0.39, 0.29) is 23.8 Å². The van der Waals surface area contributed by atoms with Gasteiger partial charge in [-0.15, -0.1) is 0 Å². The number of amides is 1. The molecule has 6 rings (SSSR count). The van der Waals surface area contributed by atoms with Crippen LogP contribution in [0.3, 0.4) is 0 Å². The highest BCUT2D eigenvalue weighted by atomic mass is 16.5. The molecule has 0 spiro atoms. The normalized spacial score (nSPS) is 14.6. The lowest BCUT2D eigenvalue weighted by molar-refractivity contribution is 0.0129. The molecule has 0 radical (unpaired) electrons. The minimum Gasteiger partial charge on any atom is -0.494 e. The summed E-state index contributed by atoms with van der Waals surface area (Å²) in [5.41, 5.74) is 5.20. The number of hydrogen-bond acceptors (Lipinski definition) is 6. The molecule has 0 bridgehead atoms. The largest absolute Gasteiger partial charge is 0.494 e. The molecule has 194 valence electrons. The van der Waals surface area contributed by atoms with E-state index in [0.29, 0.717) is 22.3 Å². The van der Waals surface area contributed by atoms with Crippen LogP contribution in [0.2, 0.25) is 0 Å². The number of carbonyl (C=O) groups excluding carboxylic acids is 1. The van der Waals surface area contributed by atoms with Gasteiger partial charge in [0.25, 0.3) is 5.91 Å². The van der Waals surface area contributed by atoms with Gasteiger partial charge in [-0.1, -0.05) is 90.5 Å². The number of aromatic nitrogens is 2. The maximum Gasteiger partial charge on any atom is 0.260 e. The van der Waals surface area contributed by atoms with E-state index in [4.69, 9.17) is 9.47 Å². The summed E-state index contributed by atoms with van der Waals surface area (Å²) in [5, 5.41) is 11.5. The molecule has 0 aliphatic carbocycles. The summed E-state index contributed by atoms with van der Waals surface area (Å²) in [6.45, 7) is 2.22. The number of aryl methyl sites for hydroxylation is 1. The van der Waals surface area contributed by atoms with Gasteiger partial charge in [-0.3, -0.25) is 4.79 Å². The number of benzene rings is 4. The third kappa shape index (κ3) is 4.36. The number of carbonyl (C=O) groups is 1. The van der Waals surface area contributed by atoms with Crippen LogP contribution in [-0.2, 0) is 6.54 Å². The molecule has 0 saturated heterocycles. The van der Waals surface area contributed by atoms with E-state index in [1.165, 1.54) is 12.0 Å². The van der Waals surface area contributed by atoms with Crippen LogP contribution in [0, 0.1) is 6.92 Å². The Morgan fingerprint density at radius 2 is 1.41 bits per heavy atom. The highest BCUT2D eigenvalue weighted by Crippen LogP contribution is 2.49. The third-order valence-corrected chi connectivity index (χ3v) is 7.02. The zero-order valence-corrected chi connectivity index (χ0v) is 21.6. The molecule has 7 heteroatoms. The second-order valence-electron chi connectivity index (χ2n) is 9.52. The minimum absolute atomic E-state index is 0.218. The Hall–Kier alpha value is -4.75. The Bertz CT molecular complexity index is 1600. The predicted octanol–water partition coefficient (Wildman–Crippen LogP) is 5.76. The molecule has 5 aromatic rings. The smallest absolute Gasteiger partial charge is 0.260 e. The number of nitrogens with zero attached hydrogens (tertiary/aromatic N) is 3. The van der Waals surface area contributed by atoms with E-state index < -0.39 is 12.3 Å². The van der Waals surface area contributed by atoms with Crippen LogP contribution in [0.25, 0.3) is 11.0 Å². The van der Waals surface area contributed by atoms with Crippen molar-refractivity contribution in [1.82, 2.24) is 14.9 Å². The number of ether oxygens (including phenoxy) is 2. The van der Waals surface area contributed by atoms with Crippen molar-refractivity contribution in [1.29, 1.82) is 0 Å². The molecule has 2 heterocycles. The summed E-state index contributed by atoms with van der Waals surface area (Å²) in [7, 11) is 1.50. The lowest BCUT2D eigenvalue weighted by atomic mass is 10.00. The van der Waals surface area contributed by atoms with Crippen LogP contribution in [-0.4, -0.2) is 33.0 Å². The van der Waals surface area contributed by atoms with E-state index in [1.807, 2.05) is 91.9 Å². The molecule has 0 saturated carbocycles. The predicted molar refractivity (Wildman–Crippen MR) is 147 cm³/mol. The van der Waals surface area contributed by atoms with Gasteiger partial charge < -0.3 is 19.5 Å². The van der Waals surface area contributed by atoms with Crippen LogP contribution in [0.15, 0.2) is 97.3 Å². The number of hydrogen-bond donors (Lipinski definition) is 1. The molecule has 1 aliphatic rings. The Labute approximate surface area is 226 Å². The van der Waals surface area contributed by atoms with Crippen LogP contribution in [0.1, 0.15) is 50.5 Å². The van der Waals surface area contributed by atoms with Gasteiger partial charge in [0.2, 0.25) is 0 Å². The molecule has 4 aromatic carbocycles. The second kappa shape index (κ2) is 10.2. The van der Waals surface area contributed by atoms with Crippen molar-refractivity contribution >= 4 is 16.9 Å². The van der Waals surface area contributed by atoms with E-state index in [1.54, 1.807) is 12.4 Å². The average molecular weight is 518 g/mol. The molecule has 1 unspecified atom stereocenters. The van der Waals surface area contributed by atoms with E-state index >= 15 is 0 Å². The van der Waals surface area contributed by atoms with Gasteiger partial charge in [0.05, 0.1) is 18.2 Å². The Morgan fingerprint density at radius 3 is 1.97 bits per heavy atom. The number of fused-ring (bicyclic) bond motifs is 2. The first-order chi connectivity index (χ1) is 19.1. The third-order valence-electron chi connectivity index (χ3n) is 7.02. The first kappa shape index (κ1) is 24.6. The molecule has 1 aliphatic heterocycles. The fourth-order valence-electron chi connectivity index (χ4n) is 5.09. The highest BCUT2D eigenvalue weighted by molar-refractivity contribution is 6.08. The molecule has 7 nitrogen and oxygen atoms in total. The maximum absolute atomic E-state index is 14.0. The number of rotatable bonds is 7. The number of aliphatic hydroxyl groups is 1. The van der Waals surface area contributed by atoms with Crippen molar-refractivity contribution in [3.05, 3.63) is 131 Å². The lowest BCUT2D eigenvalue weighted by Crippen LogP contribution is -2.27. The van der Waals surface area contributed by atoms with Crippen molar-refractivity contribution in [2.45, 2.75) is 25.8 Å². The summed E-state index contributed by atoms with van der Waals surface area (Å²) in [5.74, 6) is 0.213. The van der Waals surface area contributed by atoms with Crippen LogP contribution >= 0.6 is 0 Å². The van der Waals surface area contributed by atoms with Gasteiger partial charge in [0.15, 0.2) is 17.7 Å². The quantitative estimate of drug-likeness (QED) is 0.295. The molecular formula is C32H27N3O4. The van der Waals surface area contributed by atoms with Gasteiger partial charge in [-0.25, -0.2) is 9.97 Å². The van der Waals surface area contributed by atoms with Crippen molar-refractivity contribution in [2.75, 3.05) is 7.11 Å². The standard InChI is InChI=1S/C32H27N3O4/c1-20-13-15-21(16-14-20)19-35-31(36)24-25(32(35)37)30(27-26(29(24)38-2)33-17-18-34-27)39-28(22-9-5-3-6-10-22)23-11-7-4-8-12-23/h3-18,28,31,36H,19H2,1-2H3. The Kier molecular flexibility index (Phi) is 6.42. The molecule has 1 N–H and O–H groups in total. The fraction of sp³-hybridized carbons (Fsp3) is 0.156. The average Bonchev–Trinajstić information content (AvgIpc) is 3.22. The van der Waals surface area contributed by atoms with E-state index in [2.05, 4.69) is 9.97 Å². The van der Waals surface area contributed by atoms with Gasteiger partial charge >= 0.3 is 0 Å². The van der Waals surface area contributed by atoms with Gasteiger partial charge in [-0.05, 0) is 23.6 Å². The van der Waals surface area contributed by atoms with E-state index in [0.717, 1.165) is 22.3 Å². The summed E-state index contributed by atoms with van der Waals surface area (Å²) in [6.07, 6.45) is 1.33. The van der Waals surface area contributed by atoms with Crippen molar-refractivity contribution < 1.29 is 19.4 Å². The van der Waals surface area contributed by atoms with Gasteiger partial charge in [0, 0.05) is 18.9 Å². The summed E-state index contributed by atoms with van der Waals surface area (Å²) in [6, 6.07) is 27.5. The molecular weight excluding hydrogens is 490 g/mol. The van der Waals surface area contributed by atoms with Crippen LogP contribution < -0.4 is 9.47 Å². The molecule has 1 aromatic heterocycles. The number of methoxy groups -OCH3 is 1. The minimum atomic E-state index is -1.25. The first-order valence-electron chi connectivity index (χ1n) is 12.7. The fourth-order valence-corrected chi connectivity index (χ4v) is 5.09. The Morgan fingerprint density at radius 1 is 0.846 bits per heavy atom. The summed E-state index contributed by atoms with van der Waals surface area (Å²) in [4.78, 5) is 24.5. The van der Waals surface area contributed by atoms with Gasteiger partial charge in [-0.2, -0.15) is 0 Å². The second-order valence-corrected chi connectivity index (χ2v) is 9.52. The molecule has 1 atom stereocenters. The Balaban J connectivity index is 1.53. The number of aliphatic hydroxyl groups excluding tert-OH is 1. The van der Waals surface area contributed by atoms with E-state index in [9.17, 15) is 9.90 Å². The highest BCUT2D eigenvalue weighted by Gasteiger charge is 2.43. The molecule has 0 fully saturated rings. The van der Waals surface area contributed by atoms with Crippen LogP contribution in [0.4, 0.5) is 0 Å². The maximum atomic E-state index is 14.0. The van der Waals surface area contributed by atoms with Crippen molar-refractivity contribution in [3.63, 3.8) is 0 Å². The van der Waals surface area contributed by atoms with Crippen molar-refractivity contribution in [2.24, 2.45) is 0 Å². The van der Waals surface area contributed by atoms with Crippen molar-refractivity contribution in [3.8, 4) is 11.5 Å². The monoisotopic (exact) mass is 517 g/mol.